The monoisotopic (exact) mass is 560 g/mol. The lowest BCUT2D eigenvalue weighted by Crippen LogP contribution is -2.61. The normalized spacial score (nSPS) is 16.8. The molecule has 2 aromatic carbocycles. The smallest absolute Gasteiger partial charge is 0.420 e. The van der Waals surface area contributed by atoms with E-state index in [1.807, 2.05) is 5.32 Å². The van der Waals surface area contributed by atoms with E-state index >= 15 is 0 Å². The molecule has 0 aromatic heterocycles. The van der Waals surface area contributed by atoms with E-state index in [9.17, 15) is 41.0 Å². The van der Waals surface area contributed by atoms with Gasteiger partial charge in [0.25, 0.3) is 11.7 Å². The quantitative estimate of drug-likeness (QED) is 0.305. The number of nitrogens with one attached hydrogen (secondary N) is 1. The van der Waals surface area contributed by atoms with Gasteiger partial charge in [-0.05, 0) is 43.3 Å². The van der Waals surface area contributed by atoms with Crippen molar-refractivity contribution >= 4 is 29.6 Å². The van der Waals surface area contributed by atoms with Gasteiger partial charge in [0.15, 0.2) is 17.2 Å². The van der Waals surface area contributed by atoms with Crippen LogP contribution in [0.1, 0.15) is 17.3 Å². The summed E-state index contributed by atoms with van der Waals surface area (Å²) >= 11 is 0. The number of aliphatic hydroxyl groups is 1. The number of para-hydroxylation sites is 1. The third-order valence-electron chi connectivity index (χ3n) is 5.79. The standard InChI is InChI=1S/C24H23F6N5O4/c1-2-34(21(37)16-5-3-4-6-18(16)39-22(26)27)13-23(38,24(28,29)30)12-32-20(36)17-11-33-35(19(17)31)15-9-7-14(25)8-10-15/h3-11,17,22,31,38H,2,12-13H2,1H3,(H,32,36)/p+1. The molecule has 0 radical (unpaired) electrons. The maximum atomic E-state index is 14.0. The number of likely N-dealkylation sites (N-methyl/N-ethyl adjacent to an activating group) is 1. The average molecular weight is 560 g/mol. The minimum atomic E-state index is -5.33. The van der Waals surface area contributed by atoms with Gasteiger partial charge in [0.2, 0.25) is 5.91 Å². The molecule has 2 aromatic rings. The fourth-order valence-corrected chi connectivity index (χ4v) is 3.65. The van der Waals surface area contributed by atoms with E-state index < -0.39 is 66.3 Å². The van der Waals surface area contributed by atoms with Crippen LogP contribution in [0.2, 0.25) is 0 Å². The highest BCUT2D eigenvalue weighted by Gasteiger charge is 2.55. The highest BCUT2D eigenvalue weighted by atomic mass is 19.4. The van der Waals surface area contributed by atoms with Crippen molar-refractivity contribution in [1.82, 2.24) is 10.2 Å². The maximum Gasteiger partial charge on any atom is 0.420 e. The zero-order chi connectivity index (χ0) is 29.0. The molecule has 0 fully saturated rings. The number of rotatable bonds is 10. The lowest BCUT2D eigenvalue weighted by atomic mass is 10.0. The highest BCUT2D eigenvalue weighted by Crippen LogP contribution is 2.32. The fraction of sp³-hybridized carbons (Fsp3) is 0.333. The van der Waals surface area contributed by atoms with E-state index in [1.165, 1.54) is 31.2 Å². The van der Waals surface area contributed by atoms with Crippen LogP contribution in [0.3, 0.4) is 0 Å². The molecule has 0 bridgehead atoms. The van der Waals surface area contributed by atoms with Crippen LogP contribution in [0, 0.1) is 11.7 Å². The summed E-state index contributed by atoms with van der Waals surface area (Å²) in [4.78, 5) is 26.2. The summed E-state index contributed by atoms with van der Waals surface area (Å²) in [6.07, 6.45) is -4.27. The molecular weight excluding hydrogens is 536 g/mol. The van der Waals surface area contributed by atoms with Gasteiger partial charge in [-0.25, -0.2) is 4.39 Å². The molecule has 2 amide bonds. The first-order chi connectivity index (χ1) is 18.3. The summed E-state index contributed by atoms with van der Waals surface area (Å²) in [5, 5.41) is 16.5. The van der Waals surface area contributed by atoms with E-state index in [0.717, 1.165) is 35.2 Å². The van der Waals surface area contributed by atoms with Crippen LogP contribution in [0.15, 0.2) is 53.6 Å². The lowest BCUT2D eigenvalue weighted by molar-refractivity contribution is -0.443. The van der Waals surface area contributed by atoms with Gasteiger partial charge >= 0.3 is 12.8 Å². The second kappa shape index (κ2) is 11.7. The summed E-state index contributed by atoms with van der Waals surface area (Å²) in [5.74, 6) is -4.74. The number of nitrogens with two attached hydrogens (primary N) is 1. The number of benzene rings is 2. The van der Waals surface area contributed by atoms with Crippen molar-refractivity contribution in [2.24, 2.45) is 16.8 Å². The summed E-state index contributed by atoms with van der Waals surface area (Å²) < 4.78 is 86.0. The maximum absolute atomic E-state index is 14.0. The molecular formula is C24H24F6N5O4+. The first kappa shape index (κ1) is 29.4. The zero-order valence-corrected chi connectivity index (χ0v) is 20.3. The second-order valence-electron chi connectivity index (χ2n) is 8.40. The van der Waals surface area contributed by atoms with E-state index in [0.29, 0.717) is 10.6 Å². The minimum Gasteiger partial charge on any atom is -0.434 e. The molecule has 0 saturated carbocycles. The molecule has 0 aliphatic carbocycles. The van der Waals surface area contributed by atoms with Crippen molar-refractivity contribution in [3.05, 3.63) is 59.9 Å². The van der Waals surface area contributed by atoms with E-state index in [2.05, 4.69) is 9.84 Å². The van der Waals surface area contributed by atoms with Crippen molar-refractivity contribution in [2.45, 2.75) is 25.3 Å². The Balaban J connectivity index is 1.77. The Morgan fingerprint density at radius 2 is 1.82 bits per heavy atom. The van der Waals surface area contributed by atoms with Gasteiger partial charge in [-0.1, -0.05) is 17.2 Å². The first-order valence-corrected chi connectivity index (χ1v) is 11.4. The number of carbonyl (C=O) groups is 2. The van der Waals surface area contributed by atoms with Crippen LogP contribution in [-0.2, 0) is 4.79 Å². The molecule has 0 saturated heterocycles. The fourth-order valence-electron chi connectivity index (χ4n) is 3.65. The Labute approximate surface area is 218 Å². The van der Waals surface area contributed by atoms with Crippen LogP contribution in [0.5, 0.6) is 5.75 Å². The number of halogens is 6. The molecule has 3 rings (SSSR count). The molecule has 2 atom stereocenters. The molecule has 1 aliphatic rings. The summed E-state index contributed by atoms with van der Waals surface area (Å²) in [5.41, 5.74) is 2.15. The van der Waals surface area contributed by atoms with Gasteiger partial charge in [-0.15, -0.1) is 4.68 Å². The first-order valence-electron chi connectivity index (χ1n) is 11.4. The van der Waals surface area contributed by atoms with Crippen molar-refractivity contribution < 1.29 is 50.5 Å². The number of hydrogen-bond acceptors (Lipinski definition) is 6. The highest BCUT2D eigenvalue weighted by molar-refractivity contribution is 6.14. The van der Waals surface area contributed by atoms with Gasteiger partial charge in [0, 0.05) is 6.54 Å². The molecule has 0 spiro atoms. The Kier molecular flexibility index (Phi) is 8.84. The third kappa shape index (κ3) is 6.66. The molecule has 1 aliphatic heterocycles. The van der Waals surface area contributed by atoms with Gasteiger partial charge in [-0.3, -0.25) is 15.3 Å². The summed E-state index contributed by atoms with van der Waals surface area (Å²) in [7, 11) is 0. The van der Waals surface area contributed by atoms with Crippen molar-refractivity contribution in [1.29, 1.82) is 0 Å². The SMILES string of the molecule is CCN(CC(O)(CNC(=O)C1C=N[N+](c2ccc(F)cc2)=C1N)C(F)(F)F)C(=O)c1ccccc1OC(F)F. The van der Waals surface area contributed by atoms with Crippen LogP contribution in [-0.4, -0.2) is 76.6 Å². The lowest BCUT2D eigenvalue weighted by Gasteiger charge is -2.35. The number of hydrazone groups is 1. The van der Waals surface area contributed by atoms with Crippen molar-refractivity contribution in [3.63, 3.8) is 0 Å². The number of alkyl halides is 5. The van der Waals surface area contributed by atoms with Crippen molar-refractivity contribution in [2.75, 3.05) is 19.6 Å². The average Bonchev–Trinajstić information content (AvgIpc) is 3.26. The number of amidine groups is 1. The van der Waals surface area contributed by atoms with Gasteiger partial charge in [-0.2, -0.15) is 22.0 Å². The van der Waals surface area contributed by atoms with Gasteiger partial charge in [0.1, 0.15) is 11.6 Å². The topological polar surface area (TPSA) is 120 Å². The number of ether oxygens (including phenoxy) is 1. The number of nitrogens with zero attached hydrogens (tertiary/aromatic N) is 3. The largest absolute Gasteiger partial charge is 0.434 e. The number of hydrogen-bond donors (Lipinski definition) is 3. The molecule has 9 nitrogen and oxygen atoms in total. The third-order valence-corrected chi connectivity index (χ3v) is 5.79. The van der Waals surface area contributed by atoms with Crippen molar-refractivity contribution in [3.8, 4) is 5.75 Å². The predicted molar refractivity (Wildman–Crippen MR) is 126 cm³/mol. The van der Waals surface area contributed by atoms with E-state index in [-0.39, 0.29) is 12.4 Å². The van der Waals surface area contributed by atoms with Crippen LogP contribution < -0.4 is 15.8 Å². The number of amides is 2. The van der Waals surface area contributed by atoms with Crippen LogP contribution in [0.25, 0.3) is 0 Å². The van der Waals surface area contributed by atoms with Gasteiger partial charge < -0.3 is 20.1 Å². The zero-order valence-electron chi connectivity index (χ0n) is 20.3. The molecule has 2 unspecified atom stereocenters. The van der Waals surface area contributed by atoms with Crippen LogP contribution >= 0.6 is 0 Å². The molecule has 1 heterocycles. The summed E-state index contributed by atoms with van der Waals surface area (Å²) in [6.45, 7) is -5.04. The Morgan fingerprint density at radius 3 is 2.41 bits per heavy atom. The van der Waals surface area contributed by atoms with Gasteiger partial charge in [0.05, 0.1) is 24.9 Å². The van der Waals surface area contributed by atoms with E-state index in [1.54, 1.807) is 0 Å². The molecule has 210 valence electrons. The van der Waals surface area contributed by atoms with E-state index in [4.69, 9.17) is 5.73 Å². The van der Waals surface area contributed by atoms with Crippen LogP contribution in [0.4, 0.5) is 32.0 Å². The molecule has 39 heavy (non-hydrogen) atoms. The second-order valence-corrected chi connectivity index (χ2v) is 8.40. The minimum absolute atomic E-state index is 0.185. The Morgan fingerprint density at radius 1 is 1.18 bits per heavy atom. The summed E-state index contributed by atoms with van der Waals surface area (Å²) in [6, 6.07) is 9.60. The molecule has 4 N–H and O–H groups in total. The Bertz CT molecular complexity index is 1270. The number of carbonyl (C=O) groups excluding carboxylic acids is 2. The predicted octanol–water partition coefficient (Wildman–Crippen LogP) is 2.62. The Hall–Kier alpha value is -4.14. The molecule has 15 heteroatoms.